The molecule has 1 unspecified atom stereocenters. The van der Waals surface area contributed by atoms with Crippen LogP contribution in [0.25, 0.3) is 0 Å². The van der Waals surface area contributed by atoms with Crippen LogP contribution in [0.1, 0.15) is 45.1 Å². The first-order valence-corrected chi connectivity index (χ1v) is 5.90. The largest absolute Gasteiger partial charge is 0.0654 e. The van der Waals surface area contributed by atoms with E-state index in [1.807, 2.05) is 0 Å². The summed E-state index contributed by atoms with van der Waals surface area (Å²) in [5.41, 5.74) is 1.49. The van der Waals surface area contributed by atoms with Crippen LogP contribution in [-0.4, -0.2) is 0 Å². The Kier molecular flexibility index (Phi) is 5.36. The molecule has 0 aromatic heterocycles. The third-order valence-electron chi connectivity index (χ3n) is 2.96. The Balaban J connectivity index is 2.32. The standard InChI is InChI=1S/C14H22/c1-3-8-13(4-2)11-12-14-9-6-5-7-10-14/h5-7,9-10,13H,3-4,8,11-12H2,1-2H3. The van der Waals surface area contributed by atoms with Crippen LogP contribution in [0.2, 0.25) is 0 Å². The molecule has 0 heteroatoms. The molecule has 0 aliphatic heterocycles. The lowest BCUT2D eigenvalue weighted by atomic mass is 9.93. The Bertz CT molecular complexity index is 225. The summed E-state index contributed by atoms with van der Waals surface area (Å²) in [7, 11) is 0. The van der Waals surface area contributed by atoms with Crippen LogP contribution >= 0.6 is 0 Å². The fourth-order valence-electron chi connectivity index (χ4n) is 1.98. The molecule has 14 heavy (non-hydrogen) atoms. The molecular formula is C14H22. The molecule has 0 amide bonds. The SMILES string of the molecule is CCCC(CC)CCc1ccccc1. The van der Waals surface area contributed by atoms with Crippen LogP contribution in [-0.2, 0) is 6.42 Å². The molecule has 0 saturated heterocycles. The topological polar surface area (TPSA) is 0 Å². The van der Waals surface area contributed by atoms with Gasteiger partial charge in [0.15, 0.2) is 0 Å². The smallest absolute Gasteiger partial charge is 0.0276 e. The molecule has 1 atom stereocenters. The maximum Gasteiger partial charge on any atom is -0.0276 e. The van der Waals surface area contributed by atoms with Crippen LogP contribution in [0.4, 0.5) is 0 Å². The second kappa shape index (κ2) is 6.64. The fraction of sp³-hybridized carbons (Fsp3) is 0.571. The zero-order valence-electron chi connectivity index (χ0n) is 9.50. The average Bonchev–Trinajstić information content (AvgIpc) is 2.25. The number of aryl methyl sites for hydroxylation is 1. The van der Waals surface area contributed by atoms with Gasteiger partial charge < -0.3 is 0 Å². The molecule has 0 N–H and O–H groups in total. The summed E-state index contributed by atoms with van der Waals surface area (Å²) in [6, 6.07) is 10.8. The minimum absolute atomic E-state index is 0.931. The molecule has 0 fully saturated rings. The van der Waals surface area contributed by atoms with E-state index in [1.165, 1.54) is 37.7 Å². The molecule has 1 aromatic rings. The van der Waals surface area contributed by atoms with E-state index in [4.69, 9.17) is 0 Å². The molecule has 0 spiro atoms. The van der Waals surface area contributed by atoms with E-state index < -0.39 is 0 Å². The van der Waals surface area contributed by atoms with Gasteiger partial charge in [-0.3, -0.25) is 0 Å². The fourth-order valence-corrected chi connectivity index (χ4v) is 1.98. The first kappa shape index (κ1) is 11.3. The summed E-state index contributed by atoms with van der Waals surface area (Å²) in [6.45, 7) is 4.59. The van der Waals surface area contributed by atoms with E-state index >= 15 is 0 Å². The Morgan fingerprint density at radius 1 is 1.00 bits per heavy atom. The van der Waals surface area contributed by atoms with E-state index in [1.54, 1.807) is 0 Å². The average molecular weight is 190 g/mol. The summed E-state index contributed by atoms with van der Waals surface area (Å²) >= 11 is 0. The quantitative estimate of drug-likeness (QED) is 0.622. The van der Waals surface area contributed by atoms with Crippen molar-refractivity contribution in [2.24, 2.45) is 5.92 Å². The lowest BCUT2D eigenvalue weighted by molar-refractivity contribution is 0.432. The minimum atomic E-state index is 0.931. The molecule has 0 radical (unpaired) electrons. The minimum Gasteiger partial charge on any atom is -0.0654 e. The monoisotopic (exact) mass is 190 g/mol. The predicted octanol–water partition coefficient (Wildman–Crippen LogP) is 4.45. The van der Waals surface area contributed by atoms with Crippen molar-refractivity contribution < 1.29 is 0 Å². The van der Waals surface area contributed by atoms with Crippen molar-refractivity contribution in [3.05, 3.63) is 35.9 Å². The van der Waals surface area contributed by atoms with Gasteiger partial charge in [0.1, 0.15) is 0 Å². The molecule has 0 aliphatic rings. The molecule has 0 bridgehead atoms. The molecule has 0 aliphatic carbocycles. The second-order valence-corrected chi connectivity index (χ2v) is 4.09. The molecule has 0 saturated carbocycles. The van der Waals surface area contributed by atoms with Crippen LogP contribution < -0.4 is 0 Å². The molecule has 0 heterocycles. The van der Waals surface area contributed by atoms with E-state index in [-0.39, 0.29) is 0 Å². The first-order valence-electron chi connectivity index (χ1n) is 5.90. The molecule has 1 aromatic carbocycles. The molecule has 0 nitrogen and oxygen atoms in total. The Morgan fingerprint density at radius 3 is 2.29 bits per heavy atom. The first-order chi connectivity index (χ1) is 6.86. The summed E-state index contributed by atoms with van der Waals surface area (Å²) in [5, 5.41) is 0. The van der Waals surface area contributed by atoms with Crippen molar-refractivity contribution in [2.75, 3.05) is 0 Å². The predicted molar refractivity (Wildman–Crippen MR) is 63.5 cm³/mol. The summed E-state index contributed by atoms with van der Waals surface area (Å²) in [5.74, 6) is 0.931. The van der Waals surface area contributed by atoms with Crippen LogP contribution in [0.5, 0.6) is 0 Å². The van der Waals surface area contributed by atoms with E-state index in [0.29, 0.717) is 0 Å². The van der Waals surface area contributed by atoms with Crippen LogP contribution in [0.3, 0.4) is 0 Å². The van der Waals surface area contributed by atoms with Crippen molar-refractivity contribution in [3.63, 3.8) is 0 Å². The van der Waals surface area contributed by atoms with Gasteiger partial charge in [-0.15, -0.1) is 0 Å². The van der Waals surface area contributed by atoms with Gasteiger partial charge in [-0.1, -0.05) is 63.4 Å². The van der Waals surface area contributed by atoms with Gasteiger partial charge in [-0.05, 0) is 24.3 Å². The third kappa shape index (κ3) is 3.95. The molecular weight excluding hydrogens is 168 g/mol. The Hall–Kier alpha value is -0.780. The van der Waals surface area contributed by atoms with Crippen molar-refractivity contribution in [2.45, 2.75) is 46.0 Å². The number of hydrogen-bond acceptors (Lipinski definition) is 0. The van der Waals surface area contributed by atoms with Gasteiger partial charge in [-0.25, -0.2) is 0 Å². The van der Waals surface area contributed by atoms with Gasteiger partial charge in [0.25, 0.3) is 0 Å². The van der Waals surface area contributed by atoms with Gasteiger partial charge in [0.05, 0.1) is 0 Å². The highest BCUT2D eigenvalue weighted by Gasteiger charge is 2.04. The lowest BCUT2D eigenvalue weighted by Crippen LogP contribution is -2.00. The molecule has 78 valence electrons. The molecule has 1 rings (SSSR count). The normalized spacial score (nSPS) is 12.7. The third-order valence-corrected chi connectivity index (χ3v) is 2.96. The highest BCUT2D eigenvalue weighted by Crippen LogP contribution is 2.17. The van der Waals surface area contributed by atoms with Crippen molar-refractivity contribution in [1.82, 2.24) is 0 Å². The summed E-state index contributed by atoms with van der Waals surface area (Å²) in [6.07, 6.45) is 6.66. The van der Waals surface area contributed by atoms with Crippen molar-refractivity contribution >= 4 is 0 Å². The maximum absolute atomic E-state index is 2.31. The Labute approximate surface area is 88.4 Å². The van der Waals surface area contributed by atoms with Crippen LogP contribution in [0.15, 0.2) is 30.3 Å². The van der Waals surface area contributed by atoms with Gasteiger partial charge >= 0.3 is 0 Å². The number of benzene rings is 1. The van der Waals surface area contributed by atoms with Crippen molar-refractivity contribution in [3.8, 4) is 0 Å². The second-order valence-electron chi connectivity index (χ2n) is 4.09. The lowest BCUT2D eigenvalue weighted by Gasteiger charge is -2.13. The zero-order valence-corrected chi connectivity index (χ0v) is 9.50. The van der Waals surface area contributed by atoms with Crippen LogP contribution in [0, 0.1) is 5.92 Å². The van der Waals surface area contributed by atoms with E-state index in [0.717, 1.165) is 5.92 Å². The highest BCUT2D eigenvalue weighted by molar-refractivity contribution is 5.14. The number of rotatable bonds is 6. The van der Waals surface area contributed by atoms with Gasteiger partial charge in [0, 0.05) is 0 Å². The van der Waals surface area contributed by atoms with Crippen molar-refractivity contribution in [1.29, 1.82) is 0 Å². The van der Waals surface area contributed by atoms with E-state index in [2.05, 4.69) is 44.2 Å². The highest BCUT2D eigenvalue weighted by atomic mass is 14.1. The Morgan fingerprint density at radius 2 is 1.71 bits per heavy atom. The van der Waals surface area contributed by atoms with Gasteiger partial charge in [0.2, 0.25) is 0 Å². The van der Waals surface area contributed by atoms with Gasteiger partial charge in [-0.2, -0.15) is 0 Å². The maximum atomic E-state index is 2.31. The zero-order chi connectivity index (χ0) is 10.2. The van der Waals surface area contributed by atoms with E-state index in [9.17, 15) is 0 Å². The summed E-state index contributed by atoms with van der Waals surface area (Å²) < 4.78 is 0. The summed E-state index contributed by atoms with van der Waals surface area (Å²) in [4.78, 5) is 0. The number of hydrogen-bond donors (Lipinski definition) is 0.